The average molecular weight is 469 g/mol. The highest BCUT2D eigenvalue weighted by atomic mass is 32.2. The fourth-order valence-electron chi connectivity index (χ4n) is 3.28. The second kappa shape index (κ2) is 9.18. The minimum atomic E-state index is -3.30. The first kappa shape index (κ1) is 22.1. The molecule has 0 aliphatic carbocycles. The SMILES string of the molecule is CCS(=O)(=O)c1ccc(CC(=O)N(Cc2ccccc2)c2nc3ccc(F)cc3s2)cc1. The van der Waals surface area contributed by atoms with Gasteiger partial charge in [-0.25, -0.2) is 17.8 Å². The Balaban J connectivity index is 1.63. The first-order chi connectivity index (χ1) is 15.4. The number of benzene rings is 3. The average Bonchev–Trinajstić information content (AvgIpc) is 3.21. The number of rotatable bonds is 7. The molecule has 5 nitrogen and oxygen atoms in total. The number of carbonyl (C=O) groups excluding carboxylic acids is 1. The van der Waals surface area contributed by atoms with Gasteiger partial charge in [0.1, 0.15) is 5.82 Å². The Morgan fingerprint density at radius 1 is 1.00 bits per heavy atom. The molecule has 32 heavy (non-hydrogen) atoms. The van der Waals surface area contributed by atoms with E-state index in [-0.39, 0.29) is 28.8 Å². The second-order valence-corrected chi connectivity index (χ2v) is 10.6. The van der Waals surface area contributed by atoms with Crippen LogP contribution in [0.25, 0.3) is 10.2 Å². The van der Waals surface area contributed by atoms with Crippen LogP contribution in [0.15, 0.2) is 77.7 Å². The maximum Gasteiger partial charge on any atom is 0.233 e. The molecule has 0 fully saturated rings. The summed E-state index contributed by atoms with van der Waals surface area (Å²) in [5.74, 6) is -0.510. The summed E-state index contributed by atoms with van der Waals surface area (Å²) in [6.45, 7) is 1.92. The van der Waals surface area contributed by atoms with Crippen molar-refractivity contribution in [2.45, 2.75) is 24.8 Å². The number of aromatic nitrogens is 1. The quantitative estimate of drug-likeness (QED) is 0.383. The second-order valence-electron chi connectivity index (χ2n) is 7.30. The highest BCUT2D eigenvalue weighted by molar-refractivity contribution is 7.91. The molecule has 3 aromatic carbocycles. The van der Waals surface area contributed by atoms with Gasteiger partial charge in [-0.15, -0.1) is 0 Å². The zero-order valence-corrected chi connectivity index (χ0v) is 19.0. The summed E-state index contributed by atoms with van der Waals surface area (Å²) in [6.07, 6.45) is 0.0869. The Morgan fingerprint density at radius 3 is 2.41 bits per heavy atom. The summed E-state index contributed by atoms with van der Waals surface area (Å²) in [6, 6.07) is 20.3. The zero-order chi connectivity index (χ0) is 22.7. The van der Waals surface area contributed by atoms with Crippen LogP contribution < -0.4 is 4.90 Å². The summed E-state index contributed by atoms with van der Waals surface area (Å²) in [5.41, 5.74) is 2.28. The topological polar surface area (TPSA) is 67.3 Å². The van der Waals surface area contributed by atoms with Crippen LogP contribution in [-0.4, -0.2) is 25.1 Å². The van der Waals surface area contributed by atoms with Crippen molar-refractivity contribution in [2.24, 2.45) is 0 Å². The first-order valence-corrected chi connectivity index (χ1v) is 12.5. The van der Waals surface area contributed by atoms with Crippen molar-refractivity contribution < 1.29 is 17.6 Å². The van der Waals surface area contributed by atoms with Crippen LogP contribution in [0.3, 0.4) is 0 Å². The lowest BCUT2D eigenvalue weighted by Crippen LogP contribution is -2.31. The number of sulfone groups is 1. The molecule has 1 amide bonds. The number of halogens is 1. The fraction of sp³-hybridized carbons (Fsp3) is 0.167. The third-order valence-electron chi connectivity index (χ3n) is 5.07. The van der Waals surface area contributed by atoms with Gasteiger partial charge < -0.3 is 0 Å². The molecule has 0 N–H and O–H groups in total. The minimum Gasteiger partial charge on any atom is -0.283 e. The van der Waals surface area contributed by atoms with Crippen molar-refractivity contribution in [3.05, 3.63) is 89.7 Å². The smallest absolute Gasteiger partial charge is 0.233 e. The van der Waals surface area contributed by atoms with Crippen LogP contribution in [0, 0.1) is 5.82 Å². The Hall–Kier alpha value is -3.10. The van der Waals surface area contributed by atoms with E-state index in [1.165, 1.54) is 35.6 Å². The first-order valence-electron chi connectivity index (χ1n) is 10.1. The number of anilines is 1. The van der Waals surface area contributed by atoms with Crippen molar-refractivity contribution in [2.75, 3.05) is 10.7 Å². The lowest BCUT2D eigenvalue weighted by Gasteiger charge is -2.20. The molecule has 8 heteroatoms. The van der Waals surface area contributed by atoms with E-state index < -0.39 is 9.84 Å². The van der Waals surface area contributed by atoms with E-state index in [9.17, 15) is 17.6 Å². The predicted octanol–water partition coefficient (Wildman–Crippen LogP) is 5.00. The molecule has 0 saturated carbocycles. The molecule has 0 spiro atoms. The molecule has 4 aromatic rings. The maximum absolute atomic E-state index is 13.6. The van der Waals surface area contributed by atoms with Crippen LogP contribution in [0.5, 0.6) is 0 Å². The number of thiazole rings is 1. The summed E-state index contributed by atoms with van der Waals surface area (Å²) in [7, 11) is -3.30. The Bertz CT molecular complexity index is 1350. The van der Waals surface area contributed by atoms with Gasteiger partial charge in [0.05, 0.1) is 33.8 Å². The van der Waals surface area contributed by atoms with Crippen molar-refractivity contribution >= 4 is 42.4 Å². The van der Waals surface area contributed by atoms with Gasteiger partial charge in [0, 0.05) is 0 Å². The minimum absolute atomic E-state index is 0.0222. The molecule has 0 unspecified atom stereocenters. The van der Waals surface area contributed by atoms with Gasteiger partial charge >= 0.3 is 0 Å². The summed E-state index contributed by atoms with van der Waals surface area (Å²) in [5, 5.41) is 0.490. The summed E-state index contributed by atoms with van der Waals surface area (Å²) in [4.78, 5) is 19.7. The van der Waals surface area contributed by atoms with Gasteiger partial charge in [-0.2, -0.15) is 0 Å². The lowest BCUT2D eigenvalue weighted by molar-refractivity contribution is -0.118. The van der Waals surface area contributed by atoms with Gasteiger partial charge in [-0.1, -0.05) is 60.7 Å². The molecule has 0 radical (unpaired) electrons. The molecular formula is C24H21FN2O3S2. The van der Waals surface area contributed by atoms with Crippen LogP contribution >= 0.6 is 11.3 Å². The van der Waals surface area contributed by atoms with E-state index in [1.807, 2.05) is 30.3 Å². The number of nitrogens with zero attached hydrogens (tertiary/aromatic N) is 2. The van der Waals surface area contributed by atoms with Gasteiger partial charge in [-0.3, -0.25) is 9.69 Å². The molecule has 0 aliphatic heterocycles. The van der Waals surface area contributed by atoms with E-state index in [0.717, 1.165) is 5.56 Å². The van der Waals surface area contributed by atoms with Crippen LogP contribution in [-0.2, 0) is 27.6 Å². The van der Waals surface area contributed by atoms with Gasteiger partial charge in [-0.05, 0) is 41.5 Å². The van der Waals surface area contributed by atoms with Crippen LogP contribution in [0.1, 0.15) is 18.1 Å². The normalized spacial score (nSPS) is 11.6. The van der Waals surface area contributed by atoms with E-state index in [1.54, 1.807) is 30.0 Å². The number of amides is 1. The molecule has 0 atom stereocenters. The van der Waals surface area contributed by atoms with Crippen LogP contribution in [0.4, 0.5) is 9.52 Å². The van der Waals surface area contributed by atoms with E-state index >= 15 is 0 Å². The highest BCUT2D eigenvalue weighted by Crippen LogP contribution is 2.31. The van der Waals surface area contributed by atoms with Crippen molar-refractivity contribution in [3.63, 3.8) is 0 Å². The van der Waals surface area contributed by atoms with E-state index in [0.29, 0.717) is 27.5 Å². The molecule has 0 bridgehead atoms. The number of hydrogen-bond donors (Lipinski definition) is 0. The molecule has 1 aromatic heterocycles. The third-order valence-corrected chi connectivity index (χ3v) is 7.86. The fourth-order valence-corrected chi connectivity index (χ4v) is 5.17. The van der Waals surface area contributed by atoms with E-state index in [2.05, 4.69) is 4.98 Å². The molecule has 1 heterocycles. The van der Waals surface area contributed by atoms with Crippen molar-refractivity contribution in [3.8, 4) is 0 Å². The number of fused-ring (bicyclic) bond motifs is 1. The lowest BCUT2D eigenvalue weighted by atomic mass is 10.1. The Labute approximate surface area is 190 Å². The number of hydrogen-bond acceptors (Lipinski definition) is 5. The largest absolute Gasteiger partial charge is 0.283 e. The summed E-state index contributed by atoms with van der Waals surface area (Å²) < 4.78 is 38.4. The van der Waals surface area contributed by atoms with Crippen molar-refractivity contribution in [1.82, 2.24) is 4.98 Å². The third kappa shape index (κ3) is 4.87. The Morgan fingerprint density at radius 2 is 1.72 bits per heavy atom. The van der Waals surface area contributed by atoms with Gasteiger partial charge in [0.15, 0.2) is 15.0 Å². The van der Waals surface area contributed by atoms with E-state index in [4.69, 9.17) is 0 Å². The molecule has 0 aliphatic rings. The molecule has 0 saturated heterocycles. The molecule has 4 rings (SSSR count). The molecular weight excluding hydrogens is 447 g/mol. The monoisotopic (exact) mass is 468 g/mol. The zero-order valence-electron chi connectivity index (χ0n) is 17.4. The predicted molar refractivity (Wildman–Crippen MR) is 125 cm³/mol. The molecule has 164 valence electrons. The van der Waals surface area contributed by atoms with Crippen molar-refractivity contribution in [1.29, 1.82) is 0 Å². The van der Waals surface area contributed by atoms with Gasteiger partial charge in [0.2, 0.25) is 5.91 Å². The number of carbonyl (C=O) groups is 1. The Kier molecular flexibility index (Phi) is 6.34. The highest BCUT2D eigenvalue weighted by Gasteiger charge is 2.21. The van der Waals surface area contributed by atoms with Gasteiger partial charge in [0.25, 0.3) is 0 Å². The van der Waals surface area contributed by atoms with Crippen LogP contribution in [0.2, 0.25) is 0 Å². The standard InChI is InChI=1S/C24H21FN2O3S2/c1-2-32(29,30)20-11-8-17(9-12-20)14-23(28)27(16-18-6-4-3-5-7-18)24-26-21-13-10-19(25)15-22(21)31-24/h3-13,15H,2,14,16H2,1H3. The maximum atomic E-state index is 13.6. The summed E-state index contributed by atoms with van der Waals surface area (Å²) >= 11 is 1.26.